The molecule has 1 saturated carbocycles. The third-order valence-corrected chi connectivity index (χ3v) is 4.59. The van der Waals surface area contributed by atoms with Gasteiger partial charge < -0.3 is 9.84 Å². The summed E-state index contributed by atoms with van der Waals surface area (Å²) in [7, 11) is 0. The van der Waals surface area contributed by atoms with Crippen LogP contribution < -0.4 is 4.74 Å². The zero-order valence-corrected chi connectivity index (χ0v) is 12.8. The lowest BCUT2D eigenvalue weighted by molar-refractivity contribution is 0.115. The van der Waals surface area contributed by atoms with Crippen LogP contribution in [0.5, 0.6) is 5.75 Å². The normalized spacial score (nSPS) is 19.6. The van der Waals surface area contributed by atoms with Crippen LogP contribution in [0.2, 0.25) is 0 Å². The summed E-state index contributed by atoms with van der Waals surface area (Å²) in [4.78, 5) is 0. The zero-order chi connectivity index (χ0) is 14.4. The highest BCUT2D eigenvalue weighted by Crippen LogP contribution is 2.28. The van der Waals surface area contributed by atoms with Gasteiger partial charge in [0.05, 0.1) is 12.7 Å². The van der Waals surface area contributed by atoms with E-state index in [1.807, 2.05) is 24.3 Å². The fourth-order valence-electron chi connectivity index (χ4n) is 2.91. The van der Waals surface area contributed by atoms with Crippen molar-refractivity contribution in [2.24, 2.45) is 11.8 Å². The molecule has 1 aliphatic carbocycles. The summed E-state index contributed by atoms with van der Waals surface area (Å²) < 4.78 is 5.94. The van der Waals surface area contributed by atoms with E-state index in [0.29, 0.717) is 5.92 Å². The molecule has 0 heterocycles. The van der Waals surface area contributed by atoms with Gasteiger partial charge in [0.15, 0.2) is 0 Å². The van der Waals surface area contributed by atoms with Gasteiger partial charge in [0.1, 0.15) is 5.75 Å². The molecule has 0 radical (unpaired) electrons. The van der Waals surface area contributed by atoms with Gasteiger partial charge in [-0.05, 0) is 42.4 Å². The van der Waals surface area contributed by atoms with Crippen LogP contribution in [0.15, 0.2) is 24.3 Å². The summed E-state index contributed by atoms with van der Waals surface area (Å²) in [5.74, 6) is 1.89. The van der Waals surface area contributed by atoms with E-state index in [1.54, 1.807) is 0 Å². The molecule has 0 saturated heterocycles. The van der Waals surface area contributed by atoms with Crippen molar-refractivity contribution in [3.8, 4) is 5.75 Å². The molecule has 0 amide bonds. The summed E-state index contributed by atoms with van der Waals surface area (Å²) in [6.45, 7) is 5.01. The van der Waals surface area contributed by atoms with Gasteiger partial charge in [-0.3, -0.25) is 0 Å². The maximum atomic E-state index is 10.3. The van der Waals surface area contributed by atoms with Gasteiger partial charge in [-0.2, -0.15) is 0 Å². The Hall–Kier alpha value is -1.02. The van der Waals surface area contributed by atoms with E-state index in [1.165, 1.54) is 32.1 Å². The third kappa shape index (κ3) is 4.24. The Morgan fingerprint density at radius 3 is 2.70 bits per heavy atom. The Morgan fingerprint density at radius 2 is 2.00 bits per heavy atom. The second kappa shape index (κ2) is 7.68. The van der Waals surface area contributed by atoms with Crippen LogP contribution in [0.1, 0.15) is 64.0 Å². The second-order valence-electron chi connectivity index (χ2n) is 6.22. The van der Waals surface area contributed by atoms with E-state index in [4.69, 9.17) is 4.74 Å². The molecule has 0 bridgehead atoms. The Bertz CT molecular complexity index is 396. The van der Waals surface area contributed by atoms with E-state index in [9.17, 15) is 5.11 Å². The summed E-state index contributed by atoms with van der Waals surface area (Å²) in [5, 5.41) is 10.3. The molecule has 0 spiro atoms. The molecular formula is C18H28O2. The Morgan fingerprint density at radius 1 is 1.25 bits per heavy atom. The number of aliphatic hydroxyl groups is 1. The van der Waals surface area contributed by atoms with Crippen LogP contribution in [0.4, 0.5) is 0 Å². The monoisotopic (exact) mass is 276 g/mol. The second-order valence-corrected chi connectivity index (χ2v) is 6.22. The number of aliphatic hydroxyl groups excluding tert-OH is 1. The molecule has 2 rings (SSSR count). The van der Waals surface area contributed by atoms with Crippen LogP contribution in [0.3, 0.4) is 0 Å². The van der Waals surface area contributed by atoms with Crippen molar-refractivity contribution in [3.63, 3.8) is 0 Å². The van der Waals surface area contributed by atoms with Crippen LogP contribution in [-0.4, -0.2) is 11.7 Å². The van der Waals surface area contributed by atoms with E-state index >= 15 is 0 Å². The predicted molar refractivity (Wildman–Crippen MR) is 82.9 cm³/mol. The molecule has 2 heteroatoms. The average Bonchev–Trinajstić information content (AvgIpc) is 2.52. The standard InChI is InChI=1S/C18H28O2/c1-3-14(2)18(19)16-10-7-11-17(12-16)20-13-15-8-5-4-6-9-15/h7,10-12,14-15,18-19H,3-6,8-9,13H2,1-2H3/t14-,18-/m0/s1. The minimum atomic E-state index is -0.391. The van der Waals surface area contributed by atoms with Gasteiger partial charge in [0.2, 0.25) is 0 Å². The molecule has 0 aliphatic heterocycles. The van der Waals surface area contributed by atoms with Crippen molar-refractivity contribution in [3.05, 3.63) is 29.8 Å². The molecule has 20 heavy (non-hydrogen) atoms. The molecule has 1 aliphatic rings. The molecule has 2 nitrogen and oxygen atoms in total. The van der Waals surface area contributed by atoms with Crippen LogP contribution in [-0.2, 0) is 0 Å². The van der Waals surface area contributed by atoms with Gasteiger partial charge in [-0.1, -0.05) is 51.7 Å². The molecule has 1 aromatic rings. The van der Waals surface area contributed by atoms with Crippen LogP contribution in [0.25, 0.3) is 0 Å². The highest BCUT2D eigenvalue weighted by molar-refractivity contribution is 5.30. The number of benzene rings is 1. The molecule has 0 unspecified atom stereocenters. The van der Waals surface area contributed by atoms with E-state index in [0.717, 1.165) is 24.3 Å². The van der Waals surface area contributed by atoms with Gasteiger partial charge >= 0.3 is 0 Å². The smallest absolute Gasteiger partial charge is 0.119 e. The molecule has 1 N–H and O–H groups in total. The number of ether oxygens (including phenoxy) is 1. The fraction of sp³-hybridized carbons (Fsp3) is 0.667. The molecule has 1 aromatic carbocycles. The van der Waals surface area contributed by atoms with Crippen molar-refractivity contribution in [2.45, 2.75) is 58.5 Å². The van der Waals surface area contributed by atoms with Crippen molar-refractivity contribution in [1.29, 1.82) is 0 Å². The fourth-order valence-corrected chi connectivity index (χ4v) is 2.91. The van der Waals surface area contributed by atoms with Gasteiger partial charge in [0.25, 0.3) is 0 Å². The number of rotatable bonds is 6. The van der Waals surface area contributed by atoms with E-state index < -0.39 is 6.10 Å². The summed E-state index contributed by atoms with van der Waals surface area (Å²) in [5.41, 5.74) is 0.973. The first-order valence-corrected chi connectivity index (χ1v) is 8.11. The minimum Gasteiger partial charge on any atom is -0.493 e. The Balaban J connectivity index is 1.91. The van der Waals surface area contributed by atoms with Crippen LogP contribution >= 0.6 is 0 Å². The molecule has 112 valence electrons. The number of hydrogen-bond acceptors (Lipinski definition) is 2. The van der Waals surface area contributed by atoms with Crippen molar-refractivity contribution in [1.82, 2.24) is 0 Å². The topological polar surface area (TPSA) is 29.5 Å². The highest BCUT2D eigenvalue weighted by Gasteiger charge is 2.16. The van der Waals surface area contributed by atoms with Crippen molar-refractivity contribution in [2.75, 3.05) is 6.61 Å². The lowest BCUT2D eigenvalue weighted by Gasteiger charge is -2.22. The first-order chi connectivity index (χ1) is 9.70. The van der Waals surface area contributed by atoms with Crippen molar-refractivity contribution < 1.29 is 9.84 Å². The van der Waals surface area contributed by atoms with Gasteiger partial charge in [0, 0.05) is 0 Å². The Labute approximate surface area is 123 Å². The summed E-state index contributed by atoms with van der Waals surface area (Å²) in [6.07, 6.45) is 7.27. The third-order valence-electron chi connectivity index (χ3n) is 4.59. The molecule has 0 aromatic heterocycles. The molecule has 2 atom stereocenters. The maximum Gasteiger partial charge on any atom is 0.119 e. The highest BCUT2D eigenvalue weighted by atomic mass is 16.5. The van der Waals surface area contributed by atoms with E-state index in [2.05, 4.69) is 13.8 Å². The van der Waals surface area contributed by atoms with E-state index in [-0.39, 0.29) is 5.92 Å². The molecular weight excluding hydrogens is 248 g/mol. The lowest BCUT2D eigenvalue weighted by Crippen LogP contribution is -2.15. The quantitative estimate of drug-likeness (QED) is 0.814. The average molecular weight is 276 g/mol. The zero-order valence-electron chi connectivity index (χ0n) is 12.8. The predicted octanol–water partition coefficient (Wildman–Crippen LogP) is 4.73. The van der Waals surface area contributed by atoms with Crippen LogP contribution in [0, 0.1) is 11.8 Å². The Kier molecular flexibility index (Phi) is 5.90. The largest absolute Gasteiger partial charge is 0.493 e. The SMILES string of the molecule is CC[C@H](C)[C@H](O)c1cccc(OCC2CCCCC2)c1. The first kappa shape index (κ1) is 15.4. The lowest BCUT2D eigenvalue weighted by atomic mass is 9.90. The summed E-state index contributed by atoms with van der Waals surface area (Å²) in [6, 6.07) is 7.97. The van der Waals surface area contributed by atoms with Crippen molar-refractivity contribution >= 4 is 0 Å². The minimum absolute atomic E-state index is 0.281. The summed E-state index contributed by atoms with van der Waals surface area (Å²) >= 11 is 0. The maximum absolute atomic E-state index is 10.3. The van der Waals surface area contributed by atoms with Gasteiger partial charge in [-0.15, -0.1) is 0 Å². The number of hydrogen-bond donors (Lipinski definition) is 1. The molecule has 1 fully saturated rings. The van der Waals surface area contributed by atoms with Gasteiger partial charge in [-0.25, -0.2) is 0 Å². The first-order valence-electron chi connectivity index (χ1n) is 8.11.